The number of carbonyl (C=O) groups is 1. The first-order valence-electron chi connectivity index (χ1n) is 5.86. The van der Waals surface area contributed by atoms with Crippen molar-refractivity contribution in [3.8, 4) is 0 Å². The van der Waals surface area contributed by atoms with E-state index in [4.69, 9.17) is 4.74 Å². The molecule has 1 heterocycles. The van der Waals surface area contributed by atoms with Crippen molar-refractivity contribution in [2.24, 2.45) is 5.92 Å². The molecule has 0 aromatic carbocycles. The smallest absolute Gasteiger partial charge is 0.407 e. The number of carbonyl (C=O) groups excluding carboxylic acids is 1. The Morgan fingerprint density at radius 1 is 1.53 bits per heavy atom. The Morgan fingerprint density at radius 2 is 2.33 bits per heavy atom. The highest BCUT2D eigenvalue weighted by atomic mass is 16.5. The highest BCUT2D eigenvalue weighted by Crippen LogP contribution is 2.09. The molecule has 0 aromatic rings. The topological polar surface area (TPSA) is 50.4 Å². The summed E-state index contributed by atoms with van der Waals surface area (Å²) in [5.74, 6) is 0.625. The Bertz CT molecular complexity index is 197. The van der Waals surface area contributed by atoms with E-state index in [1.807, 2.05) is 0 Å². The summed E-state index contributed by atoms with van der Waals surface area (Å²) in [6.07, 6.45) is 2.75. The van der Waals surface area contributed by atoms with Crippen molar-refractivity contribution in [1.82, 2.24) is 10.6 Å². The van der Waals surface area contributed by atoms with Crippen molar-refractivity contribution in [3.63, 3.8) is 0 Å². The summed E-state index contributed by atoms with van der Waals surface area (Å²) in [4.78, 5) is 11.3. The molecule has 0 bridgehead atoms. The first-order chi connectivity index (χ1) is 7.22. The van der Waals surface area contributed by atoms with Crippen LogP contribution < -0.4 is 10.6 Å². The van der Waals surface area contributed by atoms with Gasteiger partial charge in [-0.05, 0) is 25.3 Å². The summed E-state index contributed by atoms with van der Waals surface area (Å²) in [5.41, 5.74) is 0. The molecule has 1 saturated heterocycles. The van der Waals surface area contributed by atoms with Crippen molar-refractivity contribution < 1.29 is 9.53 Å². The number of unbranched alkanes of at least 4 members (excludes halogenated alkanes) is 1. The van der Waals surface area contributed by atoms with Crippen LogP contribution in [0.5, 0.6) is 0 Å². The van der Waals surface area contributed by atoms with E-state index in [1.165, 1.54) is 0 Å². The van der Waals surface area contributed by atoms with Crippen LogP contribution in [-0.2, 0) is 4.74 Å². The molecule has 15 heavy (non-hydrogen) atoms. The minimum absolute atomic E-state index is 0.225. The summed E-state index contributed by atoms with van der Waals surface area (Å²) in [6.45, 7) is 6.69. The van der Waals surface area contributed by atoms with Crippen LogP contribution in [0.15, 0.2) is 0 Å². The molecule has 0 unspecified atom stereocenters. The normalized spacial score (nSPS) is 26.0. The van der Waals surface area contributed by atoms with Gasteiger partial charge < -0.3 is 15.4 Å². The Hall–Kier alpha value is -0.770. The lowest BCUT2D eigenvalue weighted by Gasteiger charge is -2.28. The molecule has 4 heteroatoms. The van der Waals surface area contributed by atoms with Crippen LogP contribution in [0, 0.1) is 5.92 Å². The van der Waals surface area contributed by atoms with Gasteiger partial charge in [-0.2, -0.15) is 0 Å². The fourth-order valence-electron chi connectivity index (χ4n) is 1.78. The van der Waals surface area contributed by atoms with Gasteiger partial charge in [0.25, 0.3) is 0 Å². The summed E-state index contributed by atoms with van der Waals surface area (Å²) >= 11 is 0. The van der Waals surface area contributed by atoms with E-state index in [1.54, 1.807) is 0 Å². The zero-order valence-corrected chi connectivity index (χ0v) is 9.71. The minimum atomic E-state index is -0.274. The summed E-state index contributed by atoms with van der Waals surface area (Å²) in [7, 11) is 0. The van der Waals surface area contributed by atoms with Crippen LogP contribution in [0.2, 0.25) is 0 Å². The molecule has 88 valence electrons. The van der Waals surface area contributed by atoms with Crippen LogP contribution in [0.25, 0.3) is 0 Å². The number of hydrogen-bond donors (Lipinski definition) is 2. The largest absolute Gasteiger partial charge is 0.450 e. The number of nitrogens with one attached hydrogen (secondary N) is 2. The standard InChI is InChI=1S/C11H22N2O2/c1-3-4-5-15-11(14)13-10-6-9(2)7-12-8-10/h9-10,12H,3-8H2,1-2H3,(H,13,14)/t9-,10+/m0/s1. The second-order valence-electron chi connectivity index (χ2n) is 4.33. The maximum Gasteiger partial charge on any atom is 0.407 e. The SMILES string of the molecule is CCCCOC(=O)N[C@H]1CNC[C@@H](C)C1. The van der Waals surface area contributed by atoms with Crippen molar-refractivity contribution in [1.29, 1.82) is 0 Å². The van der Waals surface area contributed by atoms with Gasteiger partial charge in [0.2, 0.25) is 0 Å². The molecule has 0 aliphatic carbocycles. The highest BCUT2D eigenvalue weighted by molar-refractivity contribution is 5.67. The lowest BCUT2D eigenvalue weighted by molar-refractivity contribution is 0.137. The Kier molecular flexibility index (Phi) is 5.47. The maximum atomic E-state index is 11.3. The molecule has 2 atom stereocenters. The molecule has 0 spiro atoms. The molecule has 4 nitrogen and oxygen atoms in total. The van der Waals surface area contributed by atoms with Crippen molar-refractivity contribution in [3.05, 3.63) is 0 Å². The monoisotopic (exact) mass is 214 g/mol. The number of rotatable bonds is 4. The van der Waals surface area contributed by atoms with E-state index in [9.17, 15) is 4.79 Å². The molecule has 0 saturated carbocycles. The van der Waals surface area contributed by atoms with E-state index in [0.717, 1.165) is 32.4 Å². The highest BCUT2D eigenvalue weighted by Gasteiger charge is 2.20. The molecule has 1 amide bonds. The molecule has 1 aliphatic rings. The van der Waals surface area contributed by atoms with Gasteiger partial charge in [0.1, 0.15) is 0 Å². The number of hydrogen-bond acceptors (Lipinski definition) is 3. The first-order valence-corrected chi connectivity index (χ1v) is 5.86. The summed E-state index contributed by atoms with van der Waals surface area (Å²) in [5, 5.41) is 6.17. The van der Waals surface area contributed by atoms with Crippen molar-refractivity contribution in [2.45, 2.75) is 39.2 Å². The predicted octanol–water partition coefficient (Wildman–Crippen LogP) is 1.51. The van der Waals surface area contributed by atoms with Gasteiger partial charge in [0.05, 0.1) is 6.61 Å². The number of ether oxygens (including phenoxy) is 1. The third-order valence-electron chi connectivity index (χ3n) is 2.62. The zero-order chi connectivity index (χ0) is 11.1. The Labute approximate surface area is 91.8 Å². The van der Waals surface area contributed by atoms with Crippen LogP contribution in [-0.4, -0.2) is 31.8 Å². The van der Waals surface area contributed by atoms with Gasteiger partial charge in [-0.1, -0.05) is 20.3 Å². The van der Waals surface area contributed by atoms with Crippen LogP contribution >= 0.6 is 0 Å². The second-order valence-corrected chi connectivity index (χ2v) is 4.33. The molecule has 1 aliphatic heterocycles. The molecular weight excluding hydrogens is 192 g/mol. The average Bonchev–Trinajstić information content (AvgIpc) is 2.18. The predicted molar refractivity (Wildman–Crippen MR) is 59.8 cm³/mol. The first kappa shape index (κ1) is 12.3. The number of piperidine rings is 1. The third-order valence-corrected chi connectivity index (χ3v) is 2.62. The van der Waals surface area contributed by atoms with E-state index in [-0.39, 0.29) is 12.1 Å². The average molecular weight is 214 g/mol. The van der Waals surface area contributed by atoms with Crippen molar-refractivity contribution >= 4 is 6.09 Å². The number of amides is 1. The second kappa shape index (κ2) is 6.67. The summed E-state index contributed by atoms with van der Waals surface area (Å²) in [6, 6.07) is 0.225. The van der Waals surface area contributed by atoms with Gasteiger partial charge in [0, 0.05) is 12.6 Å². The third kappa shape index (κ3) is 5.02. The van der Waals surface area contributed by atoms with Gasteiger partial charge in [0.15, 0.2) is 0 Å². The van der Waals surface area contributed by atoms with E-state index < -0.39 is 0 Å². The lowest BCUT2D eigenvalue weighted by Crippen LogP contribution is -2.48. The molecule has 1 fully saturated rings. The minimum Gasteiger partial charge on any atom is -0.450 e. The molecule has 0 aromatic heterocycles. The van der Waals surface area contributed by atoms with Crippen LogP contribution in [0.3, 0.4) is 0 Å². The fraction of sp³-hybridized carbons (Fsp3) is 0.909. The number of alkyl carbamates (subject to hydrolysis) is 1. The summed E-state index contributed by atoms with van der Waals surface area (Å²) < 4.78 is 5.04. The van der Waals surface area contributed by atoms with Gasteiger partial charge in [-0.3, -0.25) is 0 Å². The Morgan fingerprint density at radius 3 is 3.00 bits per heavy atom. The van der Waals surface area contributed by atoms with Gasteiger partial charge in [-0.15, -0.1) is 0 Å². The molecule has 2 N–H and O–H groups in total. The van der Waals surface area contributed by atoms with Gasteiger partial charge >= 0.3 is 6.09 Å². The van der Waals surface area contributed by atoms with E-state index >= 15 is 0 Å². The quantitative estimate of drug-likeness (QED) is 0.697. The maximum absolute atomic E-state index is 11.3. The van der Waals surface area contributed by atoms with E-state index in [0.29, 0.717) is 12.5 Å². The van der Waals surface area contributed by atoms with Crippen LogP contribution in [0.1, 0.15) is 33.1 Å². The molecular formula is C11H22N2O2. The zero-order valence-electron chi connectivity index (χ0n) is 9.71. The van der Waals surface area contributed by atoms with Crippen molar-refractivity contribution in [2.75, 3.05) is 19.7 Å². The van der Waals surface area contributed by atoms with Gasteiger partial charge in [-0.25, -0.2) is 4.79 Å². The molecule has 1 rings (SSSR count). The molecule has 0 radical (unpaired) electrons. The van der Waals surface area contributed by atoms with E-state index in [2.05, 4.69) is 24.5 Å². The van der Waals surface area contributed by atoms with Crippen LogP contribution in [0.4, 0.5) is 4.79 Å². The fourth-order valence-corrected chi connectivity index (χ4v) is 1.78. The lowest BCUT2D eigenvalue weighted by atomic mass is 9.98. The Balaban J connectivity index is 2.13.